The lowest BCUT2D eigenvalue weighted by atomic mass is 10.2. The lowest BCUT2D eigenvalue weighted by molar-refractivity contribution is -0.385. The van der Waals surface area contributed by atoms with Crippen LogP contribution in [0, 0.1) is 17.0 Å². The first-order valence-corrected chi connectivity index (χ1v) is 9.52. The number of benzene rings is 2. The van der Waals surface area contributed by atoms with E-state index in [0.717, 1.165) is 0 Å². The van der Waals surface area contributed by atoms with Crippen LogP contribution in [0.1, 0.15) is 22.8 Å². The van der Waals surface area contributed by atoms with Crippen molar-refractivity contribution in [3.05, 3.63) is 62.1 Å². The highest BCUT2D eigenvalue weighted by Crippen LogP contribution is 2.29. The molecule has 26 heavy (non-hydrogen) atoms. The van der Waals surface area contributed by atoms with Gasteiger partial charge in [0, 0.05) is 16.1 Å². The van der Waals surface area contributed by atoms with E-state index >= 15 is 0 Å². The second-order valence-corrected chi connectivity index (χ2v) is 7.48. The Hall–Kier alpha value is -2.46. The van der Waals surface area contributed by atoms with Crippen LogP contribution in [0.5, 0.6) is 5.75 Å². The summed E-state index contributed by atoms with van der Waals surface area (Å²) in [6.07, 6.45) is 0. The van der Waals surface area contributed by atoms with Gasteiger partial charge in [0.05, 0.1) is 17.1 Å². The standard InChI is InChI=1S/C16H14BrNO7S/c1-3-24-16(19)11-4-7-15(13(17)9-11)26(22,23)25-12-5-6-14(18(20)21)10(2)8-12/h4-9H,3H2,1-2H3. The molecule has 2 aromatic carbocycles. The molecule has 10 heteroatoms. The van der Waals surface area contributed by atoms with Crippen molar-refractivity contribution in [2.45, 2.75) is 18.7 Å². The van der Waals surface area contributed by atoms with Crippen molar-refractivity contribution in [3.63, 3.8) is 0 Å². The third-order valence-electron chi connectivity index (χ3n) is 3.28. The number of nitro benzene ring substituents is 1. The van der Waals surface area contributed by atoms with E-state index in [1.807, 2.05) is 0 Å². The number of esters is 1. The van der Waals surface area contributed by atoms with Gasteiger partial charge in [-0.05, 0) is 60.1 Å². The predicted molar refractivity (Wildman–Crippen MR) is 95.7 cm³/mol. The molecule has 8 nitrogen and oxygen atoms in total. The topological polar surface area (TPSA) is 113 Å². The summed E-state index contributed by atoms with van der Waals surface area (Å²) in [6, 6.07) is 7.46. The first kappa shape index (κ1) is 19.9. The largest absolute Gasteiger partial charge is 0.462 e. The molecule has 0 amide bonds. The van der Waals surface area contributed by atoms with Gasteiger partial charge in [-0.1, -0.05) is 0 Å². The molecule has 0 aliphatic heterocycles. The normalized spacial score (nSPS) is 11.0. The highest BCUT2D eigenvalue weighted by atomic mass is 79.9. The second-order valence-electron chi connectivity index (χ2n) is 5.11. The average molecular weight is 444 g/mol. The lowest BCUT2D eigenvalue weighted by Gasteiger charge is -2.10. The summed E-state index contributed by atoms with van der Waals surface area (Å²) < 4.78 is 34.9. The molecule has 0 unspecified atom stereocenters. The van der Waals surface area contributed by atoms with Gasteiger partial charge in [0.25, 0.3) is 5.69 Å². The minimum Gasteiger partial charge on any atom is -0.462 e. The Morgan fingerprint density at radius 1 is 1.23 bits per heavy atom. The fourth-order valence-electron chi connectivity index (χ4n) is 2.10. The quantitative estimate of drug-likeness (QED) is 0.290. The maximum atomic E-state index is 12.5. The maximum Gasteiger partial charge on any atom is 0.340 e. The van der Waals surface area contributed by atoms with Crippen molar-refractivity contribution < 1.29 is 27.1 Å². The number of rotatable bonds is 6. The molecule has 2 aromatic rings. The average Bonchev–Trinajstić information content (AvgIpc) is 2.54. The number of nitro groups is 1. The number of nitrogens with zero attached hydrogens (tertiary/aromatic N) is 1. The van der Waals surface area contributed by atoms with Gasteiger partial charge in [0.2, 0.25) is 0 Å². The maximum absolute atomic E-state index is 12.5. The third-order valence-corrected chi connectivity index (χ3v) is 5.51. The molecule has 0 heterocycles. The molecule has 0 bridgehead atoms. The number of carbonyl (C=O) groups is 1. The SMILES string of the molecule is CCOC(=O)c1ccc(S(=O)(=O)Oc2ccc([N+](=O)[O-])c(C)c2)c(Br)c1. The zero-order valence-corrected chi connectivity index (χ0v) is 16.2. The molecule has 138 valence electrons. The minimum atomic E-state index is -4.22. The van der Waals surface area contributed by atoms with Gasteiger partial charge >= 0.3 is 16.1 Å². The molecule has 0 N–H and O–H groups in total. The Balaban J connectivity index is 2.32. The Labute approximate surface area is 158 Å². The van der Waals surface area contributed by atoms with E-state index in [4.69, 9.17) is 8.92 Å². The molecular weight excluding hydrogens is 430 g/mol. The molecule has 0 fully saturated rings. The fourth-order valence-corrected chi connectivity index (χ4v) is 4.05. The Bertz CT molecular complexity index is 973. The summed E-state index contributed by atoms with van der Waals surface area (Å²) in [5.74, 6) is -0.640. The van der Waals surface area contributed by atoms with Crippen LogP contribution in [-0.2, 0) is 14.9 Å². The number of carbonyl (C=O) groups excluding carboxylic acids is 1. The van der Waals surface area contributed by atoms with E-state index in [-0.39, 0.29) is 38.5 Å². The molecule has 0 aliphatic rings. The Morgan fingerprint density at radius 2 is 1.92 bits per heavy atom. The monoisotopic (exact) mass is 443 g/mol. The van der Waals surface area contributed by atoms with Crippen LogP contribution < -0.4 is 4.18 Å². The highest BCUT2D eigenvalue weighted by Gasteiger charge is 2.23. The van der Waals surface area contributed by atoms with E-state index < -0.39 is 21.0 Å². The van der Waals surface area contributed by atoms with Gasteiger partial charge in [-0.3, -0.25) is 10.1 Å². The van der Waals surface area contributed by atoms with Crippen LogP contribution in [0.25, 0.3) is 0 Å². The van der Waals surface area contributed by atoms with Crippen molar-refractivity contribution in [1.82, 2.24) is 0 Å². The lowest BCUT2D eigenvalue weighted by Crippen LogP contribution is -2.12. The summed E-state index contributed by atoms with van der Waals surface area (Å²) in [6.45, 7) is 3.33. The third kappa shape index (κ3) is 4.38. The molecule has 0 spiro atoms. The second kappa shape index (κ2) is 7.83. The van der Waals surface area contributed by atoms with E-state index in [1.165, 1.54) is 43.3 Å². The summed E-state index contributed by atoms with van der Waals surface area (Å²) >= 11 is 3.10. The van der Waals surface area contributed by atoms with Crippen molar-refractivity contribution in [1.29, 1.82) is 0 Å². The molecule has 0 radical (unpaired) electrons. The fraction of sp³-hybridized carbons (Fsp3) is 0.188. The van der Waals surface area contributed by atoms with Gasteiger partial charge in [-0.15, -0.1) is 0 Å². The number of hydrogen-bond acceptors (Lipinski definition) is 7. The van der Waals surface area contributed by atoms with Gasteiger partial charge in [-0.25, -0.2) is 4.79 Å². The number of ether oxygens (including phenoxy) is 1. The van der Waals surface area contributed by atoms with Crippen molar-refractivity contribution in [2.24, 2.45) is 0 Å². The van der Waals surface area contributed by atoms with Gasteiger partial charge < -0.3 is 8.92 Å². The summed E-state index contributed by atoms with van der Waals surface area (Å²) in [4.78, 5) is 21.8. The molecule has 0 atom stereocenters. The smallest absolute Gasteiger partial charge is 0.340 e. The van der Waals surface area contributed by atoms with E-state index in [9.17, 15) is 23.3 Å². The first-order chi connectivity index (χ1) is 12.2. The molecule has 2 rings (SSSR count). The van der Waals surface area contributed by atoms with E-state index in [0.29, 0.717) is 0 Å². The first-order valence-electron chi connectivity index (χ1n) is 7.32. The number of hydrogen-bond donors (Lipinski definition) is 0. The van der Waals surface area contributed by atoms with Crippen LogP contribution in [-0.4, -0.2) is 25.9 Å². The summed E-state index contributed by atoms with van der Waals surface area (Å²) in [5.41, 5.74) is 0.304. The summed E-state index contributed by atoms with van der Waals surface area (Å²) in [7, 11) is -4.22. The van der Waals surface area contributed by atoms with Gasteiger partial charge in [0.15, 0.2) is 0 Å². The molecule has 0 saturated heterocycles. The molecule has 0 aromatic heterocycles. The molecular formula is C16H14BrNO7S. The number of aryl methyl sites for hydroxylation is 1. The van der Waals surface area contributed by atoms with Crippen LogP contribution in [0.3, 0.4) is 0 Å². The van der Waals surface area contributed by atoms with E-state index in [2.05, 4.69) is 15.9 Å². The molecule has 0 aliphatic carbocycles. The predicted octanol–water partition coefficient (Wildman–Crippen LogP) is 3.61. The molecule has 0 saturated carbocycles. The summed E-state index contributed by atoms with van der Waals surface area (Å²) in [5, 5.41) is 10.8. The highest BCUT2D eigenvalue weighted by molar-refractivity contribution is 9.10. The Morgan fingerprint density at radius 3 is 2.46 bits per heavy atom. The van der Waals surface area contributed by atoms with E-state index in [1.54, 1.807) is 6.92 Å². The zero-order chi connectivity index (χ0) is 19.5. The Kier molecular flexibility index (Phi) is 5.98. The van der Waals surface area contributed by atoms with Crippen LogP contribution in [0.4, 0.5) is 5.69 Å². The number of halogens is 1. The zero-order valence-electron chi connectivity index (χ0n) is 13.8. The van der Waals surface area contributed by atoms with Crippen LogP contribution in [0.2, 0.25) is 0 Å². The van der Waals surface area contributed by atoms with Crippen LogP contribution in [0.15, 0.2) is 45.8 Å². The van der Waals surface area contributed by atoms with Gasteiger partial charge in [0.1, 0.15) is 10.6 Å². The van der Waals surface area contributed by atoms with Crippen LogP contribution >= 0.6 is 15.9 Å². The van der Waals surface area contributed by atoms with Gasteiger partial charge in [-0.2, -0.15) is 8.42 Å². The van der Waals surface area contributed by atoms with Crippen molar-refractivity contribution in [2.75, 3.05) is 6.61 Å². The van der Waals surface area contributed by atoms with Crippen molar-refractivity contribution in [3.8, 4) is 5.75 Å². The minimum absolute atomic E-state index is 0.0607. The van der Waals surface area contributed by atoms with Crippen molar-refractivity contribution >= 4 is 37.7 Å².